The Balaban J connectivity index is 2.58. The molecule has 4 heteroatoms. The lowest BCUT2D eigenvalue weighted by atomic mass is 9.98. The molecule has 0 spiro atoms. The van der Waals surface area contributed by atoms with E-state index < -0.39 is 18.3 Å². The summed E-state index contributed by atoms with van der Waals surface area (Å²) in [6, 6.07) is 0. The second-order valence-electron chi connectivity index (χ2n) is 3.61. The van der Waals surface area contributed by atoms with Crippen LogP contribution < -0.4 is 0 Å². The first-order chi connectivity index (χ1) is 5.57. The highest BCUT2D eigenvalue weighted by Gasteiger charge is 2.42. The van der Waals surface area contributed by atoms with Crippen molar-refractivity contribution < 1.29 is 20.4 Å². The zero-order valence-corrected chi connectivity index (χ0v) is 7.09. The fraction of sp³-hybridized carbons (Fsp3) is 1.00. The SMILES string of the molecule is C[C@@H]1C[C@H](C(O)CO)[C@@H](O)[C@H]1O. The van der Waals surface area contributed by atoms with Gasteiger partial charge < -0.3 is 20.4 Å². The topological polar surface area (TPSA) is 80.9 Å². The summed E-state index contributed by atoms with van der Waals surface area (Å²) in [5.74, 6) is -0.397. The predicted octanol–water partition coefficient (Wildman–Crippen LogP) is -1.28. The molecule has 4 N–H and O–H groups in total. The number of hydrogen-bond donors (Lipinski definition) is 4. The molecule has 12 heavy (non-hydrogen) atoms. The van der Waals surface area contributed by atoms with Gasteiger partial charge in [0.25, 0.3) is 0 Å². The van der Waals surface area contributed by atoms with E-state index in [4.69, 9.17) is 5.11 Å². The van der Waals surface area contributed by atoms with Gasteiger partial charge >= 0.3 is 0 Å². The zero-order valence-electron chi connectivity index (χ0n) is 7.09. The molecule has 0 aromatic heterocycles. The molecule has 4 nitrogen and oxygen atoms in total. The van der Waals surface area contributed by atoms with Crippen LogP contribution in [0.25, 0.3) is 0 Å². The van der Waals surface area contributed by atoms with E-state index in [1.165, 1.54) is 0 Å². The van der Waals surface area contributed by atoms with Crippen LogP contribution in [0.15, 0.2) is 0 Å². The molecular weight excluding hydrogens is 160 g/mol. The Hall–Kier alpha value is -0.160. The first-order valence-corrected chi connectivity index (χ1v) is 4.23. The van der Waals surface area contributed by atoms with E-state index in [0.717, 1.165) is 0 Å². The Labute approximate surface area is 71.5 Å². The van der Waals surface area contributed by atoms with Crippen molar-refractivity contribution in [3.05, 3.63) is 0 Å². The van der Waals surface area contributed by atoms with Gasteiger partial charge in [0.05, 0.1) is 24.9 Å². The summed E-state index contributed by atoms with van der Waals surface area (Å²) in [6.45, 7) is 1.46. The molecule has 0 aromatic rings. The monoisotopic (exact) mass is 176 g/mol. The van der Waals surface area contributed by atoms with Crippen LogP contribution in [0.5, 0.6) is 0 Å². The first-order valence-electron chi connectivity index (χ1n) is 4.23. The van der Waals surface area contributed by atoms with Crippen LogP contribution in [0, 0.1) is 11.8 Å². The van der Waals surface area contributed by atoms with E-state index >= 15 is 0 Å². The Bertz CT molecular complexity index is 150. The lowest BCUT2D eigenvalue weighted by molar-refractivity contribution is -0.0395. The molecule has 0 aliphatic heterocycles. The fourth-order valence-corrected chi connectivity index (χ4v) is 1.82. The third kappa shape index (κ3) is 1.61. The molecule has 0 aromatic carbocycles. The van der Waals surface area contributed by atoms with Gasteiger partial charge in [0.15, 0.2) is 0 Å². The minimum absolute atomic E-state index is 0.00815. The van der Waals surface area contributed by atoms with Crippen LogP contribution in [-0.2, 0) is 0 Å². The van der Waals surface area contributed by atoms with Crippen molar-refractivity contribution in [1.29, 1.82) is 0 Å². The molecule has 1 rings (SSSR count). The number of aliphatic hydroxyl groups excluding tert-OH is 4. The quantitative estimate of drug-likeness (QED) is 0.422. The summed E-state index contributed by atoms with van der Waals surface area (Å²) in [5, 5.41) is 36.6. The van der Waals surface area contributed by atoms with Crippen LogP contribution in [0.2, 0.25) is 0 Å². The summed E-state index contributed by atoms with van der Waals surface area (Å²) in [5.41, 5.74) is 0. The molecule has 1 fully saturated rings. The second kappa shape index (κ2) is 3.70. The van der Waals surface area contributed by atoms with Crippen LogP contribution in [0.3, 0.4) is 0 Å². The summed E-state index contributed by atoms with van der Waals surface area (Å²) in [4.78, 5) is 0. The van der Waals surface area contributed by atoms with E-state index in [1.54, 1.807) is 0 Å². The maximum absolute atomic E-state index is 9.41. The van der Waals surface area contributed by atoms with Crippen molar-refractivity contribution in [3.8, 4) is 0 Å². The summed E-state index contributed by atoms with van der Waals surface area (Å²) < 4.78 is 0. The second-order valence-corrected chi connectivity index (χ2v) is 3.61. The van der Waals surface area contributed by atoms with Gasteiger partial charge in [-0.3, -0.25) is 0 Å². The van der Waals surface area contributed by atoms with Crippen molar-refractivity contribution >= 4 is 0 Å². The zero-order chi connectivity index (χ0) is 9.30. The average Bonchev–Trinajstić information content (AvgIpc) is 2.32. The molecule has 0 saturated heterocycles. The van der Waals surface area contributed by atoms with Gasteiger partial charge in [-0.25, -0.2) is 0 Å². The normalized spacial score (nSPS) is 44.8. The molecule has 0 bridgehead atoms. The highest BCUT2D eigenvalue weighted by Crippen LogP contribution is 2.33. The smallest absolute Gasteiger partial charge is 0.0855 e. The van der Waals surface area contributed by atoms with Crippen molar-refractivity contribution in [2.75, 3.05) is 6.61 Å². The van der Waals surface area contributed by atoms with Gasteiger partial charge in [-0.05, 0) is 12.3 Å². The standard InChI is InChI=1S/C8H16O4/c1-4-2-5(6(10)3-9)8(12)7(4)11/h4-12H,2-3H2,1H3/t4-,5-,6?,7+,8-/m1/s1. The van der Waals surface area contributed by atoms with Crippen LogP contribution in [0.1, 0.15) is 13.3 Å². The van der Waals surface area contributed by atoms with Gasteiger partial charge in [-0.1, -0.05) is 6.92 Å². The first kappa shape index (κ1) is 9.92. The van der Waals surface area contributed by atoms with Crippen LogP contribution in [-0.4, -0.2) is 45.3 Å². The van der Waals surface area contributed by atoms with Crippen LogP contribution in [0.4, 0.5) is 0 Å². The molecule has 1 unspecified atom stereocenters. The Morgan fingerprint density at radius 3 is 2.25 bits per heavy atom. The third-order valence-electron chi connectivity index (χ3n) is 2.70. The number of aliphatic hydroxyl groups is 4. The van der Waals surface area contributed by atoms with Gasteiger partial charge in [0, 0.05) is 5.92 Å². The van der Waals surface area contributed by atoms with Gasteiger partial charge in [0.1, 0.15) is 0 Å². The van der Waals surface area contributed by atoms with Crippen LogP contribution >= 0.6 is 0 Å². The Kier molecular flexibility index (Phi) is 3.06. The number of rotatable bonds is 2. The van der Waals surface area contributed by atoms with E-state index in [9.17, 15) is 15.3 Å². The highest BCUT2D eigenvalue weighted by atomic mass is 16.3. The Morgan fingerprint density at radius 1 is 1.33 bits per heavy atom. The molecule has 1 aliphatic carbocycles. The predicted molar refractivity (Wildman–Crippen MR) is 42.4 cm³/mol. The highest BCUT2D eigenvalue weighted by molar-refractivity contribution is 4.92. The summed E-state index contributed by atoms with van der Waals surface area (Å²) in [7, 11) is 0. The Morgan fingerprint density at radius 2 is 1.92 bits per heavy atom. The molecule has 5 atom stereocenters. The lowest BCUT2D eigenvalue weighted by Crippen LogP contribution is -2.35. The average molecular weight is 176 g/mol. The molecule has 0 heterocycles. The van der Waals surface area contributed by atoms with Crippen molar-refractivity contribution in [2.45, 2.75) is 31.7 Å². The number of hydrogen-bond acceptors (Lipinski definition) is 4. The van der Waals surface area contributed by atoms with Crippen molar-refractivity contribution in [1.82, 2.24) is 0 Å². The molecule has 0 radical (unpaired) electrons. The van der Waals surface area contributed by atoms with E-state index in [1.807, 2.05) is 6.92 Å². The summed E-state index contributed by atoms with van der Waals surface area (Å²) >= 11 is 0. The maximum atomic E-state index is 9.41. The van der Waals surface area contributed by atoms with E-state index in [2.05, 4.69) is 0 Å². The van der Waals surface area contributed by atoms with Gasteiger partial charge in [-0.2, -0.15) is 0 Å². The molecule has 1 saturated carbocycles. The van der Waals surface area contributed by atoms with E-state index in [0.29, 0.717) is 6.42 Å². The molecular formula is C8H16O4. The largest absolute Gasteiger partial charge is 0.394 e. The third-order valence-corrected chi connectivity index (χ3v) is 2.70. The van der Waals surface area contributed by atoms with Gasteiger partial charge in [0.2, 0.25) is 0 Å². The van der Waals surface area contributed by atoms with E-state index in [-0.39, 0.29) is 18.4 Å². The lowest BCUT2D eigenvalue weighted by Gasteiger charge is -2.20. The summed E-state index contributed by atoms with van der Waals surface area (Å²) in [6.07, 6.45) is -2.03. The minimum Gasteiger partial charge on any atom is -0.394 e. The van der Waals surface area contributed by atoms with Crippen molar-refractivity contribution in [2.24, 2.45) is 11.8 Å². The fourth-order valence-electron chi connectivity index (χ4n) is 1.82. The molecule has 0 amide bonds. The van der Waals surface area contributed by atoms with Gasteiger partial charge in [-0.15, -0.1) is 0 Å². The maximum Gasteiger partial charge on any atom is 0.0855 e. The molecule has 72 valence electrons. The van der Waals surface area contributed by atoms with Crippen molar-refractivity contribution in [3.63, 3.8) is 0 Å². The minimum atomic E-state index is -0.917. The molecule has 1 aliphatic rings.